The Morgan fingerprint density at radius 2 is 1.67 bits per heavy atom. The smallest absolute Gasteiger partial charge is 0.0730 e. The van der Waals surface area contributed by atoms with Crippen LogP contribution in [0.2, 0.25) is 24.7 Å². The van der Waals surface area contributed by atoms with Gasteiger partial charge in [-0.3, -0.25) is 0 Å². The van der Waals surface area contributed by atoms with E-state index in [1.807, 2.05) is 0 Å². The highest BCUT2D eigenvalue weighted by molar-refractivity contribution is 6.80. The van der Waals surface area contributed by atoms with Gasteiger partial charge in [0.2, 0.25) is 0 Å². The number of rotatable bonds is 4. The van der Waals surface area contributed by atoms with Crippen molar-refractivity contribution >= 4 is 8.07 Å². The Labute approximate surface area is 95.3 Å². The summed E-state index contributed by atoms with van der Waals surface area (Å²) in [5.41, 5.74) is -0.336. The van der Waals surface area contributed by atoms with E-state index in [4.69, 9.17) is 0 Å². The maximum atomic E-state index is 11.2. The average molecular weight is 226 g/mol. The lowest BCUT2D eigenvalue weighted by atomic mass is 9.80. The first-order valence-corrected chi connectivity index (χ1v) is 9.98. The molecule has 0 heterocycles. The first-order valence-electron chi connectivity index (χ1n) is 6.48. The first kappa shape index (κ1) is 11.7. The third kappa shape index (κ3) is 1.44. The van der Waals surface area contributed by atoms with Gasteiger partial charge in [0.15, 0.2) is 0 Å². The zero-order chi connectivity index (χ0) is 11.5. The highest BCUT2D eigenvalue weighted by atomic mass is 28.3. The lowest BCUT2D eigenvalue weighted by Crippen LogP contribution is -2.52. The van der Waals surface area contributed by atoms with Crippen LogP contribution >= 0.6 is 0 Å². The highest BCUT2D eigenvalue weighted by Gasteiger charge is 2.69. The van der Waals surface area contributed by atoms with Gasteiger partial charge in [0.05, 0.1) is 13.7 Å². The molecular formula is C13H26OSi. The van der Waals surface area contributed by atoms with E-state index < -0.39 is 8.07 Å². The van der Waals surface area contributed by atoms with Crippen LogP contribution in [0.3, 0.4) is 0 Å². The topological polar surface area (TPSA) is 20.2 Å². The van der Waals surface area contributed by atoms with Crippen molar-refractivity contribution < 1.29 is 5.11 Å². The fraction of sp³-hybridized carbons (Fsp3) is 1.00. The van der Waals surface area contributed by atoms with Gasteiger partial charge in [-0.15, -0.1) is 0 Å². The zero-order valence-corrected chi connectivity index (χ0v) is 11.9. The summed E-state index contributed by atoms with van der Waals surface area (Å²) in [7, 11) is -1.24. The summed E-state index contributed by atoms with van der Waals surface area (Å²) >= 11 is 0. The van der Waals surface area contributed by atoms with Crippen molar-refractivity contribution in [3.05, 3.63) is 0 Å². The van der Waals surface area contributed by atoms with E-state index in [-0.39, 0.29) is 5.60 Å². The summed E-state index contributed by atoms with van der Waals surface area (Å²) in [5, 5.41) is 11.5. The van der Waals surface area contributed by atoms with E-state index in [2.05, 4.69) is 33.5 Å². The molecule has 0 amide bonds. The fourth-order valence-electron chi connectivity index (χ4n) is 3.81. The summed E-state index contributed by atoms with van der Waals surface area (Å²) in [4.78, 5) is 0. The van der Waals surface area contributed by atoms with Crippen molar-refractivity contribution in [2.75, 3.05) is 0 Å². The molecule has 1 N–H and O–H groups in total. The molecule has 0 unspecified atom stereocenters. The quantitative estimate of drug-likeness (QED) is 0.725. The Morgan fingerprint density at radius 1 is 1.20 bits per heavy atom. The molecule has 0 aromatic heterocycles. The minimum Gasteiger partial charge on any atom is -0.389 e. The van der Waals surface area contributed by atoms with Gasteiger partial charge in [-0.05, 0) is 42.6 Å². The molecule has 88 valence electrons. The Kier molecular flexibility index (Phi) is 2.41. The molecular weight excluding hydrogens is 200 g/mol. The van der Waals surface area contributed by atoms with Gasteiger partial charge in [-0.1, -0.05) is 33.5 Å². The van der Waals surface area contributed by atoms with Crippen LogP contribution in [0.15, 0.2) is 0 Å². The van der Waals surface area contributed by atoms with Gasteiger partial charge in [0, 0.05) is 0 Å². The minimum atomic E-state index is -1.24. The van der Waals surface area contributed by atoms with Crippen molar-refractivity contribution in [3.8, 4) is 0 Å². The van der Waals surface area contributed by atoms with Gasteiger partial charge >= 0.3 is 0 Å². The molecule has 0 saturated heterocycles. The summed E-state index contributed by atoms with van der Waals surface area (Å²) < 4.78 is 0. The van der Waals surface area contributed by atoms with Crippen LogP contribution < -0.4 is 0 Å². The minimum absolute atomic E-state index is 0.336. The average Bonchev–Trinajstić information content (AvgIpc) is 2.94. The first-order chi connectivity index (χ1) is 6.76. The van der Waals surface area contributed by atoms with Crippen molar-refractivity contribution in [1.29, 1.82) is 0 Å². The maximum absolute atomic E-state index is 11.2. The lowest BCUT2D eigenvalue weighted by Gasteiger charge is -2.47. The normalized spacial score (nSPS) is 29.0. The van der Waals surface area contributed by atoms with Crippen LogP contribution in [0, 0.1) is 11.8 Å². The molecule has 0 aromatic rings. The van der Waals surface area contributed by atoms with E-state index in [1.165, 1.54) is 25.7 Å². The van der Waals surface area contributed by atoms with E-state index in [0.29, 0.717) is 16.9 Å². The predicted octanol–water partition coefficient (Wildman–Crippen LogP) is 3.66. The highest BCUT2D eigenvalue weighted by Crippen LogP contribution is 2.73. The second kappa shape index (κ2) is 3.10. The van der Waals surface area contributed by atoms with Crippen molar-refractivity contribution in [2.45, 2.75) is 69.8 Å². The van der Waals surface area contributed by atoms with Gasteiger partial charge in [0.25, 0.3) is 0 Å². The third-order valence-electron chi connectivity index (χ3n) is 5.03. The second-order valence-corrected chi connectivity index (χ2v) is 12.5. The molecule has 2 rings (SSSR count). The van der Waals surface area contributed by atoms with Gasteiger partial charge in [-0.25, -0.2) is 0 Å². The van der Waals surface area contributed by atoms with Crippen LogP contribution in [0.4, 0.5) is 0 Å². The van der Waals surface area contributed by atoms with Crippen LogP contribution in [0.1, 0.15) is 39.5 Å². The standard InChI is InChI=1S/C13H26OSi/c1-10(2)13(14,11-6-7-11)12(8-9-12)15(3,4)5/h10-11,14H,6-9H2,1-5H3/t13-/m0/s1. The molecule has 1 atom stereocenters. The Bertz CT molecular complexity index is 254. The van der Waals surface area contributed by atoms with Crippen LogP contribution in [-0.4, -0.2) is 18.8 Å². The van der Waals surface area contributed by atoms with E-state index in [0.717, 1.165) is 0 Å². The summed E-state index contributed by atoms with van der Waals surface area (Å²) in [6.45, 7) is 11.8. The van der Waals surface area contributed by atoms with E-state index in [9.17, 15) is 5.11 Å². The molecule has 2 heteroatoms. The molecule has 0 bridgehead atoms. The van der Waals surface area contributed by atoms with Crippen molar-refractivity contribution in [3.63, 3.8) is 0 Å². The summed E-state index contributed by atoms with van der Waals surface area (Å²) in [5.74, 6) is 1.05. The molecule has 1 nitrogen and oxygen atoms in total. The largest absolute Gasteiger partial charge is 0.389 e. The molecule has 15 heavy (non-hydrogen) atoms. The summed E-state index contributed by atoms with van der Waals surface area (Å²) in [6, 6.07) is 0. The van der Waals surface area contributed by atoms with Gasteiger partial charge in [0.1, 0.15) is 0 Å². The maximum Gasteiger partial charge on any atom is 0.0730 e. The molecule has 0 aromatic carbocycles. The van der Waals surface area contributed by atoms with Crippen LogP contribution in [0.25, 0.3) is 0 Å². The van der Waals surface area contributed by atoms with Gasteiger partial charge in [-0.2, -0.15) is 0 Å². The Morgan fingerprint density at radius 3 is 1.87 bits per heavy atom. The lowest BCUT2D eigenvalue weighted by molar-refractivity contribution is -0.0432. The number of aliphatic hydroxyl groups is 1. The van der Waals surface area contributed by atoms with E-state index in [1.54, 1.807) is 0 Å². The zero-order valence-electron chi connectivity index (χ0n) is 10.9. The molecule has 2 aliphatic carbocycles. The molecule has 2 aliphatic rings. The van der Waals surface area contributed by atoms with Gasteiger partial charge < -0.3 is 5.11 Å². The number of hydrogen-bond acceptors (Lipinski definition) is 1. The monoisotopic (exact) mass is 226 g/mol. The molecule has 2 saturated carbocycles. The van der Waals surface area contributed by atoms with E-state index >= 15 is 0 Å². The van der Waals surface area contributed by atoms with Crippen molar-refractivity contribution in [1.82, 2.24) is 0 Å². The number of hydrogen-bond donors (Lipinski definition) is 1. The Hall–Kier alpha value is 0.177. The predicted molar refractivity (Wildman–Crippen MR) is 67.8 cm³/mol. The van der Waals surface area contributed by atoms with Crippen LogP contribution in [0.5, 0.6) is 0 Å². The van der Waals surface area contributed by atoms with Crippen molar-refractivity contribution in [2.24, 2.45) is 11.8 Å². The molecule has 0 aliphatic heterocycles. The third-order valence-corrected chi connectivity index (χ3v) is 8.80. The SMILES string of the molecule is CC(C)[C@](O)(C1CC1)C1([Si](C)(C)C)CC1. The fourth-order valence-corrected chi connectivity index (χ4v) is 7.13. The summed E-state index contributed by atoms with van der Waals surface area (Å²) in [6.07, 6.45) is 5.10. The second-order valence-electron chi connectivity index (χ2n) is 7.09. The molecule has 2 fully saturated rings. The molecule has 0 radical (unpaired) electrons. The van der Waals surface area contributed by atoms with Crippen LogP contribution in [-0.2, 0) is 0 Å². The Balaban J connectivity index is 2.33. The molecule has 0 spiro atoms.